The van der Waals surface area contributed by atoms with Crippen LogP contribution in [0.3, 0.4) is 0 Å². The predicted molar refractivity (Wildman–Crippen MR) is 104 cm³/mol. The standard InChI is InChI=1S/C20H22N2O2S/c1-24-18-11-8-16(9-12-18)10-13-19(23)22-14-5-15-25-20(22)21-17-6-3-2-4-7-17/h2-4,6-9,11-12H,5,10,13-15H2,1H3. The van der Waals surface area contributed by atoms with Crippen molar-refractivity contribution in [1.29, 1.82) is 0 Å². The fourth-order valence-corrected chi connectivity index (χ4v) is 3.65. The van der Waals surface area contributed by atoms with Gasteiger partial charge in [-0.05, 0) is 42.7 Å². The molecule has 5 heteroatoms. The van der Waals surface area contributed by atoms with Crippen molar-refractivity contribution >= 4 is 28.5 Å². The van der Waals surface area contributed by atoms with Crippen LogP contribution < -0.4 is 4.74 Å². The van der Waals surface area contributed by atoms with Crippen LogP contribution in [0, 0.1) is 0 Å². The lowest BCUT2D eigenvalue weighted by Gasteiger charge is -2.27. The van der Waals surface area contributed by atoms with Gasteiger partial charge in [-0.25, -0.2) is 4.99 Å². The number of carbonyl (C=O) groups excluding carboxylic acids is 1. The van der Waals surface area contributed by atoms with E-state index in [0.717, 1.165) is 47.3 Å². The first-order chi connectivity index (χ1) is 12.3. The fraction of sp³-hybridized carbons (Fsp3) is 0.300. The molecule has 2 aromatic carbocycles. The molecule has 0 aromatic heterocycles. The van der Waals surface area contributed by atoms with Gasteiger partial charge in [0.05, 0.1) is 12.8 Å². The summed E-state index contributed by atoms with van der Waals surface area (Å²) < 4.78 is 5.17. The molecule has 1 heterocycles. The Bertz CT molecular complexity index is 729. The highest BCUT2D eigenvalue weighted by molar-refractivity contribution is 8.13. The van der Waals surface area contributed by atoms with E-state index in [4.69, 9.17) is 4.74 Å². The summed E-state index contributed by atoms with van der Waals surface area (Å²) in [4.78, 5) is 19.2. The Kier molecular flexibility index (Phi) is 6.12. The molecule has 1 saturated heterocycles. The average molecular weight is 354 g/mol. The highest BCUT2D eigenvalue weighted by Crippen LogP contribution is 2.23. The van der Waals surface area contributed by atoms with E-state index in [0.29, 0.717) is 6.42 Å². The van der Waals surface area contributed by atoms with E-state index in [-0.39, 0.29) is 5.91 Å². The zero-order valence-corrected chi connectivity index (χ0v) is 15.2. The first kappa shape index (κ1) is 17.5. The molecule has 1 amide bonds. The van der Waals surface area contributed by atoms with Gasteiger partial charge in [0.25, 0.3) is 0 Å². The zero-order chi connectivity index (χ0) is 17.5. The first-order valence-electron chi connectivity index (χ1n) is 8.46. The molecule has 0 N–H and O–H groups in total. The Morgan fingerprint density at radius 3 is 2.64 bits per heavy atom. The number of rotatable bonds is 5. The minimum Gasteiger partial charge on any atom is -0.497 e. The molecule has 1 aliphatic heterocycles. The number of hydrogen-bond donors (Lipinski definition) is 0. The second-order valence-electron chi connectivity index (χ2n) is 5.83. The third-order valence-electron chi connectivity index (χ3n) is 4.06. The number of carbonyl (C=O) groups is 1. The second-order valence-corrected chi connectivity index (χ2v) is 6.89. The van der Waals surface area contributed by atoms with E-state index >= 15 is 0 Å². The number of thioether (sulfide) groups is 1. The Morgan fingerprint density at radius 1 is 1.16 bits per heavy atom. The number of ether oxygens (including phenoxy) is 1. The topological polar surface area (TPSA) is 41.9 Å². The Hall–Kier alpha value is -2.27. The van der Waals surface area contributed by atoms with Crippen LogP contribution in [0.4, 0.5) is 5.69 Å². The molecule has 0 atom stereocenters. The van der Waals surface area contributed by atoms with Gasteiger partial charge in [0.1, 0.15) is 5.75 Å². The summed E-state index contributed by atoms with van der Waals surface area (Å²) in [6.45, 7) is 0.750. The second kappa shape index (κ2) is 8.72. The highest BCUT2D eigenvalue weighted by atomic mass is 32.2. The summed E-state index contributed by atoms with van der Waals surface area (Å²) in [5.74, 6) is 1.98. The number of amidine groups is 1. The molecule has 0 saturated carbocycles. The predicted octanol–water partition coefficient (Wildman–Crippen LogP) is 4.28. The number of methoxy groups -OCH3 is 1. The zero-order valence-electron chi connectivity index (χ0n) is 14.4. The van der Waals surface area contributed by atoms with E-state index < -0.39 is 0 Å². The minimum absolute atomic E-state index is 0.137. The maximum Gasteiger partial charge on any atom is 0.228 e. The number of benzene rings is 2. The van der Waals surface area contributed by atoms with Crippen LogP contribution in [0.2, 0.25) is 0 Å². The summed E-state index contributed by atoms with van der Waals surface area (Å²) in [5, 5.41) is 0.817. The molecule has 2 aromatic rings. The molecule has 1 fully saturated rings. The molecule has 0 aliphatic carbocycles. The van der Waals surface area contributed by atoms with Crippen LogP contribution in [0.25, 0.3) is 0 Å². The maximum absolute atomic E-state index is 12.7. The lowest BCUT2D eigenvalue weighted by Crippen LogP contribution is -2.39. The summed E-state index contributed by atoms with van der Waals surface area (Å²) in [5.41, 5.74) is 2.03. The number of amides is 1. The summed E-state index contributed by atoms with van der Waals surface area (Å²) >= 11 is 1.66. The summed E-state index contributed by atoms with van der Waals surface area (Å²) in [6, 6.07) is 17.7. The minimum atomic E-state index is 0.137. The van der Waals surface area contributed by atoms with Gasteiger partial charge in [0.15, 0.2) is 5.17 Å². The van der Waals surface area contributed by atoms with Gasteiger partial charge in [0, 0.05) is 18.7 Å². The van der Waals surface area contributed by atoms with Crippen LogP contribution in [-0.2, 0) is 11.2 Å². The SMILES string of the molecule is COc1ccc(CCC(=O)N2CCCSC2=Nc2ccccc2)cc1. The lowest BCUT2D eigenvalue weighted by atomic mass is 10.1. The van der Waals surface area contributed by atoms with Crippen molar-refractivity contribution in [3.63, 3.8) is 0 Å². The van der Waals surface area contributed by atoms with Gasteiger partial charge in [-0.2, -0.15) is 0 Å². The number of para-hydroxylation sites is 1. The van der Waals surface area contributed by atoms with Gasteiger partial charge in [-0.3, -0.25) is 9.69 Å². The Labute approximate surface area is 152 Å². The van der Waals surface area contributed by atoms with Crippen molar-refractivity contribution < 1.29 is 9.53 Å². The largest absolute Gasteiger partial charge is 0.497 e. The van der Waals surface area contributed by atoms with Crippen molar-refractivity contribution in [2.24, 2.45) is 4.99 Å². The third-order valence-corrected chi connectivity index (χ3v) is 5.12. The average Bonchev–Trinajstić information content (AvgIpc) is 2.68. The molecule has 0 bridgehead atoms. The Morgan fingerprint density at radius 2 is 1.92 bits per heavy atom. The van der Waals surface area contributed by atoms with E-state index in [1.165, 1.54) is 0 Å². The molecule has 25 heavy (non-hydrogen) atoms. The number of aryl methyl sites for hydroxylation is 1. The monoisotopic (exact) mass is 354 g/mol. The molecule has 0 spiro atoms. The van der Waals surface area contributed by atoms with Crippen LogP contribution >= 0.6 is 11.8 Å². The summed E-state index contributed by atoms with van der Waals surface area (Å²) in [7, 11) is 1.65. The van der Waals surface area contributed by atoms with Crippen molar-refractivity contribution in [3.05, 3.63) is 60.2 Å². The van der Waals surface area contributed by atoms with Crippen molar-refractivity contribution in [3.8, 4) is 5.75 Å². The smallest absolute Gasteiger partial charge is 0.228 e. The quantitative estimate of drug-likeness (QED) is 0.805. The van der Waals surface area contributed by atoms with Crippen molar-refractivity contribution in [2.75, 3.05) is 19.4 Å². The number of hydrogen-bond acceptors (Lipinski definition) is 4. The van der Waals surface area contributed by atoms with E-state index in [1.807, 2.05) is 59.5 Å². The molecule has 3 rings (SSSR count). The fourth-order valence-electron chi connectivity index (χ4n) is 2.68. The molecule has 1 aliphatic rings. The van der Waals surface area contributed by atoms with E-state index in [2.05, 4.69) is 4.99 Å². The van der Waals surface area contributed by atoms with Crippen molar-refractivity contribution in [2.45, 2.75) is 19.3 Å². The maximum atomic E-state index is 12.7. The molecule has 4 nitrogen and oxygen atoms in total. The molecule has 0 radical (unpaired) electrons. The van der Waals surface area contributed by atoms with Gasteiger partial charge >= 0.3 is 0 Å². The lowest BCUT2D eigenvalue weighted by molar-refractivity contribution is -0.127. The van der Waals surface area contributed by atoms with Gasteiger partial charge in [0.2, 0.25) is 5.91 Å². The van der Waals surface area contributed by atoms with Gasteiger partial charge < -0.3 is 4.74 Å². The summed E-state index contributed by atoms with van der Waals surface area (Å²) in [6.07, 6.45) is 2.22. The Balaban J connectivity index is 1.65. The van der Waals surface area contributed by atoms with Crippen LogP contribution in [0.15, 0.2) is 59.6 Å². The van der Waals surface area contributed by atoms with Crippen LogP contribution in [0.1, 0.15) is 18.4 Å². The normalized spacial score (nSPS) is 16.0. The highest BCUT2D eigenvalue weighted by Gasteiger charge is 2.23. The third kappa shape index (κ3) is 4.86. The number of aliphatic imine (C=N–C) groups is 1. The molecular weight excluding hydrogens is 332 g/mol. The molecular formula is C20H22N2O2S. The van der Waals surface area contributed by atoms with E-state index in [9.17, 15) is 4.79 Å². The molecule has 130 valence electrons. The van der Waals surface area contributed by atoms with Crippen LogP contribution in [0.5, 0.6) is 5.75 Å². The number of nitrogens with zero attached hydrogens (tertiary/aromatic N) is 2. The van der Waals surface area contributed by atoms with E-state index in [1.54, 1.807) is 18.9 Å². The van der Waals surface area contributed by atoms with Gasteiger partial charge in [-0.1, -0.05) is 42.1 Å². The van der Waals surface area contributed by atoms with Crippen molar-refractivity contribution in [1.82, 2.24) is 4.90 Å². The first-order valence-corrected chi connectivity index (χ1v) is 9.44. The molecule has 0 unspecified atom stereocenters. The van der Waals surface area contributed by atoms with Gasteiger partial charge in [-0.15, -0.1) is 0 Å². The van der Waals surface area contributed by atoms with Crippen LogP contribution in [-0.4, -0.2) is 35.4 Å².